The van der Waals surface area contributed by atoms with Gasteiger partial charge in [-0.25, -0.2) is 17.5 Å². The van der Waals surface area contributed by atoms with E-state index in [0.717, 1.165) is 16.7 Å². The number of nitrogens with one attached hydrogen (secondary N) is 1. The third kappa shape index (κ3) is 10.7. The lowest BCUT2D eigenvalue weighted by Gasteiger charge is -2.48. The number of hydrogen-bond acceptors (Lipinski definition) is 9. The van der Waals surface area contributed by atoms with Gasteiger partial charge in [0, 0.05) is 26.1 Å². The second kappa shape index (κ2) is 17.9. The van der Waals surface area contributed by atoms with E-state index in [1.807, 2.05) is 48.5 Å². The van der Waals surface area contributed by atoms with Crippen molar-refractivity contribution in [2.24, 2.45) is 5.92 Å². The zero-order valence-electron chi connectivity index (χ0n) is 29.2. The number of carbonyl (C=O) groups excluding carboxylic acids is 3. The summed E-state index contributed by atoms with van der Waals surface area (Å²) in [7, 11) is -3.26. The summed E-state index contributed by atoms with van der Waals surface area (Å²) in [5, 5.41) is 19.7. The topological polar surface area (TPSA) is 160 Å². The Balaban J connectivity index is 1.54. The molecule has 51 heavy (non-hydrogen) atoms. The van der Waals surface area contributed by atoms with Gasteiger partial charge in [0.25, 0.3) is 0 Å². The molecule has 1 fully saturated rings. The van der Waals surface area contributed by atoms with E-state index in [4.69, 9.17) is 9.47 Å². The molecule has 1 aliphatic rings. The molecule has 276 valence electrons. The Hall–Kier alpha value is -4.17. The Morgan fingerprint density at radius 3 is 2.10 bits per heavy atom. The number of aryl methyl sites for hydroxylation is 2. The smallest absolute Gasteiger partial charge is 0.303 e. The lowest BCUT2D eigenvalue weighted by molar-refractivity contribution is -0.168. The molecule has 0 aromatic heterocycles. The number of aliphatic hydroxyl groups excluding tert-OH is 2. The number of anilines is 1. The molecule has 0 spiro atoms. The second-order valence-corrected chi connectivity index (χ2v) is 15.0. The second-order valence-electron chi connectivity index (χ2n) is 12.9. The zero-order valence-corrected chi connectivity index (χ0v) is 30.0. The number of ether oxygens (including phenoxy) is 2. The van der Waals surface area contributed by atoms with Crippen molar-refractivity contribution in [3.8, 4) is 0 Å². The molecule has 11 nitrogen and oxygen atoms in total. The standard InChI is InChI=1S/C38H47FN2O9S/c1-4-51(47,48)40-23-5-6-28-9-17-33(18-10-28)41-36(31-11-7-29(8-12-31)21-22-38(24-42,25-43)50-27(3)45)34(37(41)46)19-20-35(49-26(2)44)30-13-15-32(39)16-14-30/h7-18,34-36,40,42-43H,4-6,19-25H2,1-3H3/t34-,35+,36-/m1/s1. The van der Waals surface area contributed by atoms with Gasteiger partial charge in [-0.15, -0.1) is 0 Å². The van der Waals surface area contributed by atoms with Crippen molar-refractivity contribution in [2.75, 3.05) is 30.4 Å². The summed E-state index contributed by atoms with van der Waals surface area (Å²) in [6, 6.07) is 20.6. The highest BCUT2D eigenvalue weighted by Gasteiger charge is 2.48. The third-order valence-electron chi connectivity index (χ3n) is 9.19. The van der Waals surface area contributed by atoms with Crippen LogP contribution in [0.15, 0.2) is 72.8 Å². The Bertz CT molecular complexity index is 1730. The van der Waals surface area contributed by atoms with Crippen molar-refractivity contribution in [2.45, 2.75) is 77.0 Å². The summed E-state index contributed by atoms with van der Waals surface area (Å²) < 4.78 is 50.5. The SMILES string of the molecule is CCS(=O)(=O)NCCCc1ccc(N2C(=O)[C@H](CC[C@H](OC(C)=O)c3ccc(F)cc3)[C@H]2c2ccc(CCC(CO)(CO)OC(C)=O)cc2)cc1. The number of halogens is 1. The maximum Gasteiger partial charge on any atom is 0.303 e. The average molecular weight is 727 g/mol. The first-order valence-electron chi connectivity index (χ1n) is 17.1. The fraction of sp³-hybridized carbons (Fsp3) is 0.447. The quantitative estimate of drug-likeness (QED) is 0.0904. The number of esters is 2. The van der Waals surface area contributed by atoms with Gasteiger partial charge in [0.1, 0.15) is 11.9 Å². The van der Waals surface area contributed by atoms with Gasteiger partial charge in [-0.05, 0) is 92.0 Å². The predicted octanol–water partition coefficient (Wildman–Crippen LogP) is 4.71. The monoisotopic (exact) mass is 726 g/mol. The highest BCUT2D eigenvalue weighted by molar-refractivity contribution is 7.89. The lowest BCUT2D eigenvalue weighted by Crippen LogP contribution is -2.55. The van der Waals surface area contributed by atoms with Gasteiger partial charge in [-0.3, -0.25) is 14.4 Å². The van der Waals surface area contributed by atoms with Crippen LogP contribution in [0.5, 0.6) is 0 Å². The van der Waals surface area contributed by atoms with E-state index in [2.05, 4.69) is 4.72 Å². The van der Waals surface area contributed by atoms with Gasteiger partial charge < -0.3 is 24.6 Å². The van der Waals surface area contributed by atoms with Crippen LogP contribution in [-0.4, -0.2) is 67.6 Å². The molecule has 1 saturated heterocycles. The summed E-state index contributed by atoms with van der Waals surface area (Å²) in [6.45, 7) is 3.40. The normalized spacial score (nSPS) is 16.7. The van der Waals surface area contributed by atoms with E-state index in [0.29, 0.717) is 49.9 Å². The fourth-order valence-corrected chi connectivity index (χ4v) is 6.99. The van der Waals surface area contributed by atoms with Crippen LogP contribution in [0.3, 0.4) is 0 Å². The van der Waals surface area contributed by atoms with E-state index < -0.39 is 58.6 Å². The molecule has 0 aliphatic carbocycles. The molecule has 0 saturated carbocycles. The molecule has 1 amide bonds. The highest BCUT2D eigenvalue weighted by atomic mass is 32.2. The minimum absolute atomic E-state index is 0.0251. The highest BCUT2D eigenvalue weighted by Crippen LogP contribution is 2.46. The summed E-state index contributed by atoms with van der Waals surface area (Å²) in [4.78, 5) is 39.1. The largest absolute Gasteiger partial charge is 0.458 e. The lowest BCUT2D eigenvalue weighted by atomic mass is 9.78. The Morgan fingerprint density at radius 1 is 0.922 bits per heavy atom. The van der Waals surface area contributed by atoms with Crippen molar-refractivity contribution in [3.63, 3.8) is 0 Å². The maximum atomic E-state index is 13.8. The number of rotatable bonds is 19. The first-order valence-corrected chi connectivity index (χ1v) is 18.8. The maximum absolute atomic E-state index is 13.8. The third-order valence-corrected chi connectivity index (χ3v) is 10.6. The van der Waals surface area contributed by atoms with Crippen LogP contribution >= 0.6 is 0 Å². The van der Waals surface area contributed by atoms with Crippen molar-refractivity contribution in [1.29, 1.82) is 0 Å². The van der Waals surface area contributed by atoms with E-state index in [9.17, 15) is 37.4 Å². The molecule has 0 unspecified atom stereocenters. The van der Waals surface area contributed by atoms with E-state index >= 15 is 0 Å². The summed E-state index contributed by atoms with van der Waals surface area (Å²) in [5.74, 6) is -2.01. The molecule has 0 radical (unpaired) electrons. The number of benzene rings is 3. The van der Waals surface area contributed by atoms with Gasteiger partial charge in [0.15, 0.2) is 5.60 Å². The molecule has 3 atom stereocenters. The number of sulfonamides is 1. The Labute approximate surface area is 298 Å². The van der Waals surface area contributed by atoms with Gasteiger partial charge in [0.2, 0.25) is 15.9 Å². The Kier molecular flexibility index (Phi) is 13.9. The van der Waals surface area contributed by atoms with Crippen LogP contribution in [0.4, 0.5) is 10.1 Å². The van der Waals surface area contributed by atoms with E-state index in [1.54, 1.807) is 24.0 Å². The number of hydrogen-bond donors (Lipinski definition) is 3. The molecule has 3 aromatic carbocycles. The molecule has 1 aliphatic heterocycles. The van der Waals surface area contributed by atoms with Crippen molar-refractivity contribution < 1.29 is 46.9 Å². The van der Waals surface area contributed by atoms with E-state index in [1.165, 1.54) is 26.0 Å². The number of nitrogens with zero attached hydrogens (tertiary/aromatic N) is 1. The molecule has 3 N–H and O–H groups in total. The summed E-state index contributed by atoms with van der Waals surface area (Å²) in [6.07, 6.45) is 1.95. The molecule has 3 aromatic rings. The Morgan fingerprint density at radius 2 is 1.53 bits per heavy atom. The molecule has 13 heteroatoms. The number of β-lactam (4-membered cyclic amide) rings is 1. The first kappa shape index (κ1) is 39.6. The van der Waals surface area contributed by atoms with Gasteiger partial charge in [0.05, 0.1) is 30.9 Å². The number of amides is 1. The van der Waals surface area contributed by atoms with Gasteiger partial charge in [-0.1, -0.05) is 48.5 Å². The summed E-state index contributed by atoms with van der Waals surface area (Å²) in [5.41, 5.74) is 2.68. The van der Waals surface area contributed by atoms with Crippen molar-refractivity contribution in [1.82, 2.24) is 4.72 Å². The van der Waals surface area contributed by atoms with Crippen LogP contribution in [0.25, 0.3) is 0 Å². The fourth-order valence-electron chi connectivity index (χ4n) is 6.33. The summed E-state index contributed by atoms with van der Waals surface area (Å²) >= 11 is 0. The minimum Gasteiger partial charge on any atom is -0.458 e. The molecule has 4 rings (SSSR count). The van der Waals surface area contributed by atoms with Crippen molar-refractivity contribution in [3.05, 3.63) is 101 Å². The van der Waals surface area contributed by atoms with Crippen LogP contribution in [-0.2, 0) is 46.7 Å². The van der Waals surface area contributed by atoms with Crippen LogP contribution in [0.1, 0.15) is 80.9 Å². The predicted molar refractivity (Wildman–Crippen MR) is 190 cm³/mol. The van der Waals surface area contributed by atoms with E-state index in [-0.39, 0.29) is 24.1 Å². The van der Waals surface area contributed by atoms with Crippen LogP contribution in [0.2, 0.25) is 0 Å². The molecule has 0 bridgehead atoms. The minimum atomic E-state index is -3.26. The number of carbonyl (C=O) groups is 3. The molecular weight excluding hydrogens is 679 g/mol. The molecule has 1 heterocycles. The van der Waals surface area contributed by atoms with Crippen molar-refractivity contribution >= 4 is 33.6 Å². The first-order chi connectivity index (χ1) is 24.3. The molecular formula is C38H47FN2O9S. The zero-order chi connectivity index (χ0) is 37.2. The van der Waals surface area contributed by atoms with Crippen LogP contribution < -0.4 is 9.62 Å². The number of aliphatic hydroxyl groups is 2. The average Bonchev–Trinajstić information content (AvgIpc) is 3.11. The van der Waals surface area contributed by atoms with Crippen LogP contribution in [0, 0.1) is 11.7 Å². The van der Waals surface area contributed by atoms with Gasteiger partial charge in [-0.2, -0.15) is 0 Å². The van der Waals surface area contributed by atoms with Gasteiger partial charge >= 0.3 is 11.9 Å².